The van der Waals surface area contributed by atoms with E-state index in [0.717, 1.165) is 12.8 Å². The first kappa shape index (κ1) is 21.2. The Labute approximate surface area is 181 Å². The summed E-state index contributed by atoms with van der Waals surface area (Å²) in [4.78, 5) is 21.4. The number of carbonyl (C=O) groups is 1. The largest absolute Gasteiger partial charge is 0.445 e. The van der Waals surface area contributed by atoms with Crippen LogP contribution < -0.4 is 0 Å². The molecule has 1 aliphatic rings. The quantitative estimate of drug-likeness (QED) is 0.673. The third-order valence-electron chi connectivity index (χ3n) is 5.60. The van der Waals surface area contributed by atoms with Crippen molar-refractivity contribution < 1.29 is 14.3 Å². The molecule has 3 heterocycles. The van der Waals surface area contributed by atoms with E-state index >= 15 is 0 Å². The maximum absolute atomic E-state index is 13.4. The molecular formula is C23H29N5O3. The standard InChI is InChI=1S/C23H29N5O3/c1-15(2)19-20(23(3,4)30)26-21(31-19)16-8-7-13-27(14-16)22(29)17-9-5-6-10-18(17)28-24-11-12-25-28/h5-6,9-12,15-16,30H,7-8,13-14H2,1-4H3/t16-/m1/s1. The van der Waals surface area contributed by atoms with E-state index in [4.69, 9.17) is 4.42 Å². The molecule has 0 saturated carbocycles. The fourth-order valence-electron chi connectivity index (χ4n) is 4.06. The van der Waals surface area contributed by atoms with Crippen molar-refractivity contribution >= 4 is 5.91 Å². The first-order chi connectivity index (χ1) is 14.8. The Kier molecular flexibility index (Phi) is 5.66. The molecular weight excluding hydrogens is 394 g/mol. The van der Waals surface area contributed by atoms with Gasteiger partial charge in [0.2, 0.25) is 0 Å². The van der Waals surface area contributed by atoms with Gasteiger partial charge in [0, 0.05) is 19.0 Å². The van der Waals surface area contributed by atoms with Crippen LogP contribution in [0.5, 0.6) is 0 Å². The number of nitrogens with zero attached hydrogens (tertiary/aromatic N) is 5. The predicted octanol–water partition coefficient (Wildman–Crippen LogP) is 3.63. The minimum Gasteiger partial charge on any atom is -0.445 e. The Balaban J connectivity index is 1.60. The van der Waals surface area contributed by atoms with Crippen molar-refractivity contribution in [1.29, 1.82) is 0 Å². The maximum atomic E-state index is 13.4. The Morgan fingerprint density at radius 1 is 1.23 bits per heavy atom. The number of rotatable bonds is 5. The molecule has 1 N–H and O–H groups in total. The summed E-state index contributed by atoms with van der Waals surface area (Å²) in [5.74, 6) is 1.34. The van der Waals surface area contributed by atoms with Gasteiger partial charge in [-0.25, -0.2) is 4.98 Å². The van der Waals surface area contributed by atoms with Crippen LogP contribution in [0.4, 0.5) is 0 Å². The van der Waals surface area contributed by atoms with Gasteiger partial charge in [0.05, 0.1) is 29.6 Å². The van der Waals surface area contributed by atoms with Crippen LogP contribution in [0.15, 0.2) is 41.1 Å². The third-order valence-corrected chi connectivity index (χ3v) is 5.60. The summed E-state index contributed by atoms with van der Waals surface area (Å²) in [5.41, 5.74) is 0.714. The molecule has 1 fully saturated rings. The lowest BCUT2D eigenvalue weighted by Gasteiger charge is -2.31. The number of oxazole rings is 1. The highest BCUT2D eigenvalue weighted by atomic mass is 16.4. The molecule has 4 rings (SSSR count). The van der Waals surface area contributed by atoms with Gasteiger partial charge in [-0.1, -0.05) is 26.0 Å². The van der Waals surface area contributed by atoms with Crippen LogP contribution in [-0.2, 0) is 5.60 Å². The number of carbonyl (C=O) groups excluding carboxylic acids is 1. The van der Waals surface area contributed by atoms with Crippen molar-refractivity contribution in [2.45, 2.75) is 58.0 Å². The van der Waals surface area contributed by atoms with Gasteiger partial charge >= 0.3 is 0 Å². The van der Waals surface area contributed by atoms with Crippen LogP contribution in [-0.4, -0.2) is 49.0 Å². The average Bonchev–Trinajstić information content (AvgIpc) is 3.43. The number of para-hydroxylation sites is 1. The number of aromatic nitrogens is 4. The van der Waals surface area contributed by atoms with Crippen LogP contribution in [0.3, 0.4) is 0 Å². The lowest BCUT2D eigenvalue weighted by molar-refractivity contribution is 0.0692. The van der Waals surface area contributed by atoms with E-state index in [2.05, 4.69) is 15.2 Å². The normalized spacial score (nSPS) is 17.4. The lowest BCUT2D eigenvalue weighted by Crippen LogP contribution is -2.39. The highest BCUT2D eigenvalue weighted by Crippen LogP contribution is 2.35. The van der Waals surface area contributed by atoms with E-state index in [0.29, 0.717) is 41.7 Å². The van der Waals surface area contributed by atoms with E-state index in [-0.39, 0.29) is 17.7 Å². The zero-order chi connectivity index (χ0) is 22.2. The second-order valence-electron chi connectivity index (χ2n) is 8.90. The fourth-order valence-corrected chi connectivity index (χ4v) is 4.06. The summed E-state index contributed by atoms with van der Waals surface area (Å²) in [6.07, 6.45) is 4.92. The molecule has 31 heavy (non-hydrogen) atoms. The second kappa shape index (κ2) is 8.26. The molecule has 0 unspecified atom stereocenters. The van der Waals surface area contributed by atoms with Crippen molar-refractivity contribution in [3.8, 4) is 5.69 Å². The van der Waals surface area contributed by atoms with Crippen molar-refractivity contribution in [2.75, 3.05) is 13.1 Å². The number of likely N-dealkylation sites (tertiary alicyclic amines) is 1. The first-order valence-electron chi connectivity index (χ1n) is 10.7. The van der Waals surface area contributed by atoms with E-state index in [9.17, 15) is 9.90 Å². The molecule has 0 radical (unpaired) electrons. The predicted molar refractivity (Wildman–Crippen MR) is 115 cm³/mol. The van der Waals surface area contributed by atoms with Crippen LogP contribution in [0.25, 0.3) is 5.69 Å². The zero-order valence-electron chi connectivity index (χ0n) is 18.4. The van der Waals surface area contributed by atoms with E-state index in [1.165, 1.54) is 4.80 Å². The number of piperidine rings is 1. The van der Waals surface area contributed by atoms with Gasteiger partial charge in [-0.15, -0.1) is 0 Å². The molecule has 1 aliphatic heterocycles. The molecule has 0 spiro atoms. The van der Waals surface area contributed by atoms with Crippen LogP contribution in [0, 0.1) is 0 Å². The van der Waals surface area contributed by atoms with Gasteiger partial charge in [0.1, 0.15) is 17.1 Å². The minimum atomic E-state index is -1.08. The van der Waals surface area contributed by atoms with Crippen molar-refractivity contribution in [2.24, 2.45) is 0 Å². The molecule has 1 aromatic carbocycles. The first-order valence-corrected chi connectivity index (χ1v) is 10.7. The van der Waals surface area contributed by atoms with E-state index in [1.807, 2.05) is 36.9 Å². The number of hydrogen-bond acceptors (Lipinski definition) is 6. The Hall–Kier alpha value is -3.00. The minimum absolute atomic E-state index is 0.0127. The van der Waals surface area contributed by atoms with E-state index < -0.39 is 5.60 Å². The van der Waals surface area contributed by atoms with Gasteiger partial charge < -0.3 is 14.4 Å². The Morgan fingerprint density at radius 3 is 2.58 bits per heavy atom. The number of hydrogen-bond donors (Lipinski definition) is 1. The molecule has 8 heteroatoms. The molecule has 0 bridgehead atoms. The lowest BCUT2D eigenvalue weighted by atomic mass is 9.96. The Bertz CT molecular complexity index is 1050. The Morgan fingerprint density at radius 2 is 1.94 bits per heavy atom. The summed E-state index contributed by atoms with van der Waals surface area (Å²) in [6, 6.07) is 7.36. The molecule has 1 saturated heterocycles. The molecule has 2 aromatic heterocycles. The second-order valence-corrected chi connectivity index (χ2v) is 8.90. The highest BCUT2D eigenvalue weighted by Gasteiger charge is 2.34. The summed E-state index contributed by atoms with van der Waals surface area (Å²) < 4.78 is 6.13. The number of amides is 1. The maximum Gasteiger partial charge on any atom is 0.256 e. The monoisotopic (exact) mass is 423 g/mol. The smallest absolute Gasteiger partial charge is 0.256 e. The zero-order valence-corrected chi connectivity index (χ0v) is 18.4. The molecule has 0 aliphatic carbocycles. The average molecular weight is 424 g/mol. The van der Waals surface area contributed by atoms with Crippen LogP contribution in [0.1, 0.15) is 80.1 Å². The SMILES string of the molecule is CC(C)c1oc([C@@H]2CCCN(C(=O)c3ccccc3-n3nccn3)C2)nc1C(C)(C)O. The topological polar surface area (TPSA) is 97.3 Å². The van der Waals surface area contributed by atoms with Gasteiger partial charge in [0.15, 0.2) is 5.89 Å². The summed E-state index contributed by atoms with van der Waals surface area (Å²) in [7, 11) is 0. The third kappa shape index (κ3) is 4.25. The van der Waals surface area contributed by atoms with Crippen molar-refractivity contribution in [1.82, 2.24) is 24.9 Å². The fraction of sp³-hybridized carbons (Fsp3) is 0.478. The van der Waals surface area contributed by atoms with Crippen LogP contribution in [0.2, 0.25) is 0 Å². The molecule has 164 valence electrons. The van der Waals surface area contributed by atoms with E-state index in [1.54, 1.807) is 32.3 Å². The number of benzene rings is 1. The molecule has 3 aromatic rings. The van der Waals surface area contributed by atoms with Gasteiger partial charge in [0.25, 0.3) is 5.91 Å². The van der Waals surface area contributed by atoms with Gasteiger partial charge in [-0.05, 0) is 38.8 Å². The van der Waals surface area contributed by atoms with Crippen molar-refractivity contribution in [3.63, 3.8) is 0 Å². The molecule has 1 atom stereocenters. The summed E-state index contributed by atoms with van der Waals surface area (Å²) in [5, 5.41) is 18.9. The molecule has 1 amide bonds. The number of aliphatic hydroxyl groups is 1. The van der Waals surface area contributed by atoms with Crippen molar-refractivity contribution in [3.05, 3.63) is 59.6 Å². The van der Waals surface area contributed by atoms with Crippen LogP contribution >= 0.6 is 0 Å². The summed E-state index contributed by atoms with van der Waals surface area (Å²) in [6.45, 7) is 8.68. The highest BCUT2D eigenvalue weighted by molar-refractivity contribution is 5.97. The van der Waals surface area contributed by atoms with Gasteiger partial charge in [-0.2, -0.15) is 15.0 Å². The molecule has 8 nitrogen and oxygen atoms in total. The van der Waals surface area contributed by atoms with Gasteiger partial charge in [-0.3, -0.25) is 4.79 Å². The summed E-state index contributed by atoms with van der Waals surface area (Å²) >= 11 is 0.